The van der Waals surface area contributed by atoms with Gasteiger partial charge in [-0.25, -0.2) is 0 Å². The molecular weight excluding hydrogens is 210 g/mol. The maximum Gasteiger partial charge on any atom is 0.133 e. The molecule has 1 saturated heterocycles. The monoisotopic (exact) mass is 239 g/mol. The number of ketones is 1. The molecule has 1 fully saturated rings. The Balaban J connectivity index is 1.97. The van der Waals surface area contributed by atoms with Crippen LogP contribution in [0.5, 0.6) is 0 Å². The summed E-state index contributed by atoms with van der Waals surface area (Å²) >= 11 is 0. The SMILES string of the molecule is CCCCCCCCN1CCC(C(C)=O)CC1. The van der Waals surface area contributed by atoms with E-state index >= 15 is 0 Å². The summed E-state index contributed by atoms with van der Waals surface area (Å²) in [6.07, 6.45) is 10.4. The molecule has 0 spiro atoms. The molecule has 0 radical (unpaired) electrons. The van der Waals surface area contributed by atoms with Gasteiger partial charge in [0, 0.05) is 5.92 Å². The van der Waals surface area contributed by atoms with Crippen LogP contribution < -0.4 is 0 Å². The summed E-state index contributed by atoms with van der Waals surface area (Å²) in [4.78, 5) is 13.8. The largest absolute Gasteiger partial charge is 0.303 e. The Morgan fingerprint density at radius 1 is 1.06 bits per heavy atom. The van der Waals surface area contributed by atoms with E-state index in [9.17, 15) is 4.79 Å². The molecule has 0 unspecified atom stereocenters. The maximum absolute atomic E-state index is 11.2. The van der Waals surface area contributed by atoms with Gasteiger partial charge in [0.05, 0.1) is 0 Å². The highest BCUT2D eigenvalue weighted by Crippen LogP contribution is 2.18. The zero-order chi connectivity index (χ0) is 12.5. The van der Waals surface area contributed by atoms with Crippen LogP contribution in [0.4, 0.5) is 0 Å². The van der Waals surface area contributed by atoms with Gasteiger partial charge in [-0.15, -0.1) is 0 Å². The first-order valence-electron chi connectivity index (χ1n) is 7.47. The molecule has 1 aliphatic heterocycles. The Labute approximate surface area is 107 Å². The minimum atomic E-state index is 0.357. The molecular formula is C15H29NO. The van der Waals surface area contributed by atoms with E-state index in [-0.39, 0.29) is 0 Å². The molecule has 0 bridgehead atoms. The average Bonchev–Trinajstić information content (AvgIpc) is 2.34. The van der Waals surface area contributed by atoms with Crippen molar-refractivity contribution in [3.63, 3.8) is 0 Å². The molecule has 1 heterocycles. The second kappa shape index (κ2) is 8.68. The minimum absolute atomic E-state index is 0.357. The summed E-state index contributed by atoms with van der Waals surface area (Å²) in [5, 5.41) is 0. The van der Waals surface area contributed by atoms with E-state index < -0.39 is 0 Å². The van der Waals surface area contributed by atoms with E-state index in [2.05, 4.69) is 11.8 Å². The molecule has 0 aliphatic carbocycles. The van der Waals surface area contributed by atoms with Crippen LogP contribution in [-0.4, -0.2) is 30.3 Å². The molecule has 0 aromatic heterocycles. The van der Waals surface area contributed by atoms with Crippen LogP contribution in [0.15, 0.2) is 0 Å². The molecule has 0 atom stereocenters. The molecule has 2 nitrogen and oxygen atoms in total. The van der Waals surface area contributed by atoms with Crippen molar-refractivity contribution in [1.29, 1.82) is 0 Å². The zero-order valence-electron chi connectivity index (χ0n) is 11.7. The van der Waals surface area contributed by atoms with E-state index in [1.807, 2.05) is 0 Å². The van der Waals surface area contributed by atoms with E-state index in [1.165, 1.54) is 45.1 Å². The number of hydrogen-bond acceptors (Lipinski definition) is 2. The van der Waals surface area contributed by atoms with Crippen LogP contribution >= 0.6 is 0 Å². The van der Waals surface area contributed by atoms with Gasteiger partial charge >= 0.3 is 0 Å². The first-order chi connectivity index (χ1) is 8.24. The van der Waals surface area contributed by atoms with E-state index in [0.717, 1.165) is 25.9 Å². The molecule has 0 amide bonds. The Morgan fingerprint density at radius 3 is 2.24 bits per heavy atom. The Bertz CT molecular complexity index is 207. The van der Waals surface area contributed by atoms with Crippen molar-refractivity contribution in [2.75, 3.05) is 19.6 Å². The Morgan fingerprint density at radius 2 is 1.65 bits per heavy atom. The lowest BCUT2D eigenvalue weighted by molar-refractivity contribution is -0.122. The molecule has 1 aliphatic rings. The van der Waals surface area contributed by atoms with E-state index in [0.29, 0.717) is 11.7 Å². The highest BCUT2D eigenvalue weighted by molar-refractivity contribution is 5.78. The van der Waals surface area contributed by atoms with Crippen molar-refractivity contribution in [3.8, 4) is 0 Å². The van der Waals surface area contributed by atoms with Gasteiger partial charge in [-0.3, -0.25) is 4.79 Å². The third kappa shape index (κ3) is 6.21. The fourth-order valence-electron chi connectivity index (χ4n) is 2.68. The van der Waals surface area contributed by atoms with Gasteiger partial charge in [0.15, 0.2) is 0 Å². The normalized spacial score (nSPS) is 18.5. The van der Waals surface area contributed by atoms with Crippen LogP contribution in [-0.2, 0) is 4.79 Å². The lowest BCUT2D eigenvalue weighted by Crippen LogP contribution is -2.36. The van der Waals surface area contributed by atoms with Crippen LogP contribution in [0, 0.1) is 5.92 Å². The molecule has 0 saturated carbocycles. The van der Waals surface area contributed by atoms with Crippen molar-refractivity contribution in [1.82, 2.24) is 4.90 Å². The number of hydrogen-bond donors (Lipinski definition) is 0. The summed E-state index contributed by atoms with van der Waals surface area (Å²) < 4.78 is 0. The Kier molecular flexibility index (Phi) is 7.50. The summed E-state index contributed by atoms with van der Waals surface area (Å²) in [6, 6.07) is 0. The summed E-state index contributed by atoms with van der Waals surface area (Å²) in [5.74, 6) is 0.750. The summed E-state index contributed by atoms with van der Waals surface area (Å²) in [6.45, 7) is 7.53. The van der Waals surface area contributed by atoms with Gasteiger partial charge in [0.2, 0.25) is 0 Å². The number of nitrogens with zero attached hydrogens (tertiary/aromatic N) is 1. The molecule has 100 valence electrons. The fourth-order valence-corrected chi connectivity index (χ4v) is 2.68. The predicted molar refractivity (Wildman–Crippen MR) is 73.2 cm³/mol. The van der Waals surface area contributed by atoms with Crippen LogP contribution in [0.2, 0.25) is 0 Å². The third-order valence-corrected chi connectivity index (χ3v) is 3.99. The van der Waals surface area contributed by atoms with Gasteiger partial charge in [0.1, 0.15) is 5.78 Å². The van der Waals surface area contributed by atoms with E-state index in [4.69, 9.17) is 0 Å². The zero-order valence-corrected chi connectivity index (χ0v) is 11.7. The number of Topliss-reactive ketones (excluding diaryl/α,β-unsaturated/α-hetero) is 1. The molecule has 0 aromatic carbocycles. The minimum Gasteiger partial charge on any atom is -0.303 e. The number of likely N-dealkylation sites (tertiary alicyclic amines) is 1. The van der Waals surface area contributed by atoms with Gasteiger partial charge in [-0.05, 0) is 45.8 Å². The number of unbranched alkanes of at least 4 members (excludes halogenated alkanes) is 5. The highest BCUT2D eigenvalue weighted by Gasteiger charge is 2.21. The van der Waals surface area contributed by atoms with Crippen molar-refractivity contribution in [2.24, 2.45) is 5.92 Å². The second-order valence-electron chi connectivity index (χ2n) is 5.49. The number of piperidine rings is 1. The van der Waals surface area contributed by atoms with Crippen molar-refractivity contribution in [2.45, 2.75) is 65.2 Å². The molecule has 2 heteroatoms. The van der Waals surface area contributed by atoms with Crippen LogP contribution in [0.3, 0.4) is 0 Å². The van der Waals surface area contributed by atoms with Crippen LogP contribution in [0.25, 0.3) is 0 Å². The highest BCUT2D eigenvalue weighted by atomic mass is 16.1. The number of carbonyl (C=O) groups is 1. The summed E-state index contributed by atoms with van der Waals surface area (Å²) in [7, 11) is 0. The first-order valence-corrected chi connectivity index (χ1v) is 7.47. The Hall–Kier alpha value is -0.370. The van der Waals surface area contributed by atoms with Crippen molar-refractivity contribution >= 4 is 5.78 Å². The van der Waals surface area contributed by atoms with Gasteiger partial charge in [0.25, 0.3) is 0 Å². The van der Waals surface area contributed by atoms with Crippen LogP contribution in [0.1, 0.15) is 65.2 Å². The third-order valence-electron chi connectivity index (χ3n) is 3.99. The number of rotatable bonds is 8. The van der Waals surface area contributed by atoms with E-state index in [1.54, 1.807) is 6.92 Å². The summed E-state index contributed by atoms with van der Waals surface area (Å²) in [5.41, 5.74) is 0. The van der Waals surface area contributed by atoms with Gasteiger partial charge in [-0.1, -0.05) is 39.0 Å². The molecule has 0 aromatic rings. The lowest BCUT2D eigenvalue weighted by atomic mass is 9.93. The fraction of sp³-hybridized carbons (Fsp3) is 0.933. The van der Waals surface area contributed by atoms with Gasteiger partial charge < -0.3 is 4.90 Å². The number of carbonyl (C=O) groups excluding carboxylic acids is 1. The molecule has 0 N–H and O–H groups in total. The van der Waals surface area contributed by atoms with Gasteiger partial charge in [-0.2, -0.15) is 0 Å². The van der Waals surface area contributed by atoms with Crippen molar-refractivity contribution in [3.05, 3.63) is 0 Å². The molecule has 1 rings (SSSR count). The first kappa shape index (κ1) is 14.7. The van der Waals surface area contributed by atoms with Crippen molar-refractivity contribution < 1.29 is 4.79 Å². The smallest absolute Gasteiger partial charge is 0.133 e. The topological polar surface area (TPSA) is 20.3 Å². The standard InChI is InChI=1S/C15H29NO/c1-3-4-5-6-7-8-11-16-12-9-15(10-13-16)14(2)17/h15H,3-13H2,1-2H3. The lowest BCUT2D eigenvalue weighted by Gasteiger charge is -2.30. The second-order valence-corrected chi connectivity index (χ2v) is 5.49. The predicted octanol–water partition coefficient (Wildman–Crippen LogP) is 3.65. The molecule has 17 heavy (non-hydrogen) atoms. The maximum atomic E-state index is 11.2. The average molecular weight is 239 g/mol. The quantitative estimate of drug-likeness (QED) is 0.603.